The number of rotatable bonds is 7. The second-order valence-electron chi connectivity index (χ2n) is 7.46. The van der Waals surface area contributed by atoms with Crippen molar-refractivity contribution in [1.82, 2.24) is 29.5 Å². The zero-order valence-corrected chi connectivity index (χ0v) is 20.0. The Labute approximate surface area is 199 Å². The third-order valence-corrected chi connectivity index (χ3v) is 7.50. The lowest BCUT2D eigenvalue weighted by Crippen LogP contribution is -2.27. The van der Waals surface area contributed by atoms with Gasteiger partial charge in [-0.1, -0.05) is 29.3 Å². The first-order valence-corrected chi connectivity index (χ1v) is 12.2. The number of benzene rings is 1. The highest BCUT2D eigenvalue weighted by Gasteiger charge is 2.21. The Morgan fingerprint density at radius 1 is 1.24 bits per heavy atom. The van der Waals surface area contributed by atoms with Gasteiger partial charge < -0.3 is 4.98 Å². The average Bonchev–Trinajstić information content (AvgIpc) is 3.20. The summed E-state index contributed by atoms with van der Waals surface area (Å²) in [5.41, 5.74) is 1.88. The summed E-state index contributed by atoms with van der Waals surface area (Å²) in [4.78, 5) is 24.4. The van der Waals surface area contributed by atoms with Crippen LogP contribution in [0.1, 0.15) is 30.0 Å². The molecule has 172 valence electrons. The van der Waals surface area contributed by atoms with Gasteiger partial charge in [0.05, 0.1) is 27.1 Å². The first-order valence-electron chi connectivity index (χ1n) is 10.00. The van der Waals surface area contributed by atoms with Crippen molar-refractivity contribution in [2.45, 2.75) is 31.2 Å². The molecule has 2 N–H and O–H groups in total. The Hall–Kier alpha value is -2.79. The molecule has 0 spiro atoms. The van der Waals surface area contributed by atoms with Crippen LogP contribution >= 0.6 is 23.2 Å². The van der Waals surface area contributed by atoms with E-state index in [0.29, 0.717) is 28.8 Å². The molecule has 0 bridgehead atoms. The van der Waals surface area contributed by atoms with E-state index in [2.05, 4.69) is 24.8 Å². The molecule has 0 fully saturated rings. The predicted octanol–water partition coefficient (Wildman–Crippen LogP) is 3.26. The van der Waals surface area contributed by atoms with Crippen molar-refractivity contribution in [1.29, 1.82) is 0 Å². The van der Waals surface area contributed by atoms with Gasteiger partial charge in [-0.05, 0) is 43.7 Å². The Balaban J connectivity index is 1.61. The quantitative estimate of drug-likeness (QED) is 0.396. The number of aromatic nitrogens is 5. The van der Waals surface area contributed by atoms with Crippen LogP contribution in [0, 0.1) is 6.92 Å². The third-order valence-electron chi connectivity index (χ3n) is 5.15. The van der Waals surface area contributed by atoms with E-state index in [1.165, 1.54) is 12.3 Å². The average molecular weight is 507 g/mol. The zero-order chi connectivity index (χ0) is 23.8. The molecule has 33 heavy (non-hydrogen) atoms. The number of sulfonamides is 1. The first-order chi connectivity index (χ1) is 15.7. The first kappa shape index (κ1) is 23.4. The number of halogens is 2. The van der Waals surface area contributed by atoms with E-state index in [9.17, 15) is 13.2 Å². The molecule has 0 aliphatic heterocycles. The van der Waals surface area contributed by atoms with Crippen LogP contribution in [0.4, 0.5) is 0 Å². The maximum Gasteiger partial charge on any atom is 0.287 e. The van der Waals surface area contributed by atoms with Crippen molar-refractivity contribution in [2.75, 3.05) is 6.54 Å². The van der Waals surface area contributed by atoms with Crippen molar-refractivity contribution in [3.8, 4) is 0 Å². The van der Waals surface area contributed by atoms with Crippen LogP contribution in [0.2, 0.25) is 10.0 Å². The molecule has 0 aliphatic carbocycles. The van der Waals surface area contributed by atoms with Crippen molar-refractivity contribution in [2.24, 2.45) is 0 Å². The van der Waals surface area contributed by atoms with Crippen LogP contribution in [0.3, 0.4) is 0 Å². The van der Waals surface area contributed by atoms with Gasteiger partial charge in [0, 0.05) is 24.9 Å². The summed E-state index contributed by atoms with van der Waals surface area (Å²) in [6.45, 7) is 3.65. The van der Waals surface area contributed by atoms with Gasteiger partial charge in [-0.25, -0.2) is 22.8 Å². The molecule has 0 saturated carbocycles. The van der Waals surface area contributed by atoms with Gasteiger partial charge in [-0.2, -0.15) is 5.10 Å². The van der Waals surface area contributed by atoms with Gasteiger partial charge in [0.2, 0.25) is 10.0 Å². The summed E-state index contributed by atoms with van der Waals surface area (Å²) in [7, 11) is -3.76. The molecule has 9 nitrogen and oxygen atoms in total. The minimum Gasteiger partial charge on any atom is -0.340 e. The molecule has 0 saturated heterocycles. The fourth-order valence-electron chi connectivity index (χ4n) is 3.41. The minimum atomic E-state index is -3.76. The maximum atomic E-state index is 12.9. The van der Waals surface area contributed by atoms with Crippen LogP contribution in [0.5, 0.6) is 0 Å². The maximum absolute atomic E-state index is 12.9. The highest BCUT2D eigenvalue weighted by atomic mass is 35.5. The number of aromatic amines is 1. The number of nitrogens with zero attached hydrogens (tertiary/aromatic N) is 4. The summed E-state index contributed by atoms with van der Waals surface area (Å²) >= 11 is 11.8. The van der Waals surface area contributed by atoms with Crippen LogP contribution in [0.15, 0.2) is 52.4 Å². The SMILES string of the molecule is Cc1cc2[nH]c(C(C)n3ncc(Cl)c(Cl)c3=O)nc2cc1S(=O)(=O)NCCc1ccccn1. The Morgan fingerprint density at radius 3 is 2.76 bits per heavy atom. The van der Waals surface area contributed by atoms with E-state index in [1.54, 1.807) is 32.2 Å². The molecule has 0 radical (unpaired) electrons. The second-order valence-corrected chi connectivity index (χ2v) is 9.98. The standard InChI is InChI=1S/C21H20Cl2N6O3S/c1-12-9-16-17(10-18(12)33(31,32)26-8-6-14-5-3-4-7-24-14)28-20(27-16)13(2)29-21(30)19(23)15(22)11-25-29/h3-5,7,9-11,13,26H,6,8H2,1-2H3,(H,27,28). The molecule has 0 amide bonds. The van der Waals surface area contributed by atoms with Gasteiger partial charge in [0.25, 0.3) is 5.56 Å². The highest BCUT2D eigenvalue weighted by Crippen LogP contribution is 2.25. The Bertz CT molecular complexity index is 1490. The third kappa shape index (κ3) is 4.79. The molecule has 3 aromatic heterocycles. The zero-order valence-electron chi connectivity index (χ0n) is 17.7. The van der Waals surface area contributed by atoms with Crippen molar-refractivity contribution in [3.63, 3.8) is 0 Å². The molecule has 0 aliphatic rings. The molecule has 12 heteroatoms. The van der Waals surface area contributed by atoms with E-state index in [0.717, 1.165) is 10.4 Å². The number of hydrogen-bond donors (Lipinski definition) is 2. The molecule has 4 rings (SSSR count). The van der Waals surface area contributed by atoms with E-state index in [1.807, 2.05) is 12.1 Å². The summed E-state index contributed by atoms with van der Waals surface area (Å²) in [5.74, 6) is 0.426. The summed E-state index contributed by atoms with van der Waals surface area (Å²) in [6, 6.07) is 8.12. The fraction of sp³-hybridized carbons (Fsp3) is 0.238. The van der Waals surface area contributed by atoms with Crippen LogP contribution in [-0.2, 0) is 16.4 Å². The second kappa shape index (κ2) is 9.22. The lowest BCUT2D eigenvalue weighted by atomic mass is 10.2. The van der Waals surface area contributed by atoms with Gasteiger partial charge in [0.1, 0.15) is 16.9 Å². The molecule has 1 unspecified atom stereocenters. The molecule has 1 aromatic carbocycles. The number of pyridine rings is 1. The van der Waals surface area contributed by atoms with Crippen molar-refractivity contribution < 1.29 is 8.42 Å². The van der Waals surface area contributed by atoms with Crippen molar-refractivity contribution >= 4 is 44.3 Å². The fourth-order valence-corrected chi connectivity index (χ4v) is 4.94. The molecule has 3 heterocycles. The van der Waals surface area contributed by atoms with E-state index in [-0.39, 0.29) is 21.5 Å². The van der Waals surface area contributed by atoms with Gasteiger partial charge >= 0.3 is 0 Å². The number of aryl methyl sites for hydroxylation is 1. The summed E-state index contributed by atoms with van der Waals surface area (Å²) in [6.07, 6.45) is 3.42. The highest BCUT2D eigenvalue weighted by molar-refractivity contribution is 7.89. The van der Waals surface area contributed by atoms with Crippen LogP contribution in [0.25, 0.3) is 11.0 Å². The molecule has 1 atom stereocenters. The van der Waals surface area contributed by atoms with Crippen molar-refractivity contribution in [3.05, 3.63) is 80.2 Å². The molecular weight excluding hydrogens is 487 g/mol. The van der Waals surface area contributed by atoms with Crippen LogP contribution in [-0.4, -0.2) is 39.7 Å². The number of H-pyrrole nitrogens is 1. The lowest BCUT2D eigenvalue weighted by Gasteiger charge is -2.11. The summed E-state index contributed by atoms with van der Waals surface area (Å²) in [5, 5.41) is 3.97. The normalized spacial score (nSPS) is 12.8. The largest absolute Gasteiger partial charge is 0.340 e. The summed E-state index contributed by atoms with van der Waals surface area (Å²) < 4.78 is 29.6. The number of imidazole rings is 1. The smallest absolute Gasteiger partial charge is 0.287 e. The van der Waals surface area contributed by atoms with E-state index >= 15 is 0 Å². The number of fused-ring (bicyclic) bond motifs is 1. The topological polar surface area (TPSA) is 123 Å². The Morgan fingerprint density at radius 2 is 2.03 bits per heavy atom. The monoisotopic (exact) mass is 506 g/mol. The minimum absolute atomic E-state index is 0.0655. The molecular formula is C21H20Cl2N6O3S. The van der Waals surface area contributed by atoms with E-state index < -0.39 is 21.6 Å². The van der Waals surface area contributed by atoms with E-state index in [4.69, 9.17) is 23.2 Å². The Kier molecular flexibility index (Phi) is 6.53. The predicted molar refractivity (Wildman–Crippen MR) is 126 cm³/mol. The number of nitrogens with one attached hydrogen (secondary N) is 2. The molecule has 4 aromatic rings. The number of hydrogen-bond acceptors (Lipinski definition) is 6. The lowest BCUT2D eigenvalue weighted by molar-refractivity contribution is 0.512. The van der Waals surface area contributed by atoms with Crippen LogP contribution < -0.4 is 10.3 Å². The van der Waals surface area contributed by atoms with Gasteiger partial charge in [0.15, 0.2) is 0 Å². The van der Waals surface area contributed by atoms with Gasteiger partial charge in [-0.15, -0.1) is 0 Å². The van der Waals surface area contributed by atoms with Gasteiger partial charge in [-0.3, -0.25) is 9.78 Å².